The van der Waals surface area contributed by atoms with E-state index in [0.717, 1.165) is 22.0 Å². The van der Waals surface area contributed by atoms with Crippen molar-refractivity contribution in [1.29, 1.82) is 0 Å². The van der Waals surface area contributed by atoms with Gasteiger partial charge in [-0.3, -0.25) is 0 Å². The van der Waals surface area contributed by atoms with Gasteiger partial charge in [0.25, 0.3) is 0 Å². The monoisotopic (exact) mass is 172 g/mol. The molecular formula is C10H8N2O. The van der Waals surface area contributed by atoms with Crippen molar-refractivity contribution in [2.24, 2.45) is 0 Å². The van der Waals surface area contributed by atoms with E-state index in [2.05, 4.69) is 16.3 Å². The fourth-order valence-electron chi connectivity index (χ4n) is 1.72. The van der Waals surface area contributed by atoms with E-state index in [4.69, 9.17) is 0 Å². The summed E-state index contributed by atoms with van der Waals surface area (Å²) in [6.07, 6.45) is 1.91. The molecule has 0 aromatic heterocycles. The highest BCUT2D eigenvalue weighted by Crippen LogP contribution is 2.33. The minimum absolute atomic E-state index is 0.301. The molecule has 0 amide bonds. The standard InChI is InChI=1S/C10H8N2O/c13-8-2-1-6-3-7-5-11-12-10(7)9(6)4-8/h1-5,11-13H. The summed E-state index contributed by atoms with van der Waals surface area (Å²) in [4.78, 5) is 0. The number of fused-ring (bicyclic) bond motifs is 3. The van der Waals surface area contributed by atoms with Gasteiger partial charge in [0.1, 0.15) is 5.75 Å². The molecule has 3 heteroatoms. The van der Waals surface area contributed by atoms with Crippen molar-refractivity contribution in [2.75, 3.05) is 0 Å². The number of rotatable bonds is 0. The number of phenols is 1. The Bertz CT molecular complexity index is 535. The first-order chi connectivity index (χ1) is 6.34. The molecule has 2 aliphatic rings. The fourth-order valence-corrected chi connectivity index (χ4v) is 1.72. The lowest BCUT2D eigenvalue weighted by Crippen LogP contribution is -1.70. The summed E-state index contributed by atoms with van der Waals surface area (Å²) < 4.78 is 0. The summed E-state index contributed by atoms with van der Waals surface area (Å²) in [5, 5.41) is 17.5. The molecule has 0 saturated heterocycles. The van der Waals surface area contributed by atoms with Crippen molar-refractivity contribution in [3.63, 3.8) is 0 Å². The summed E-state index contributed by atoms with van der Waals surface area (Å²) in [6, 6.07) is 7.46. The summed E-state index contributed by atoms with van der Waals surface area (Å²) in [7, 11) is 0. The maximum absolute atomic E-state index is 9.32. The number of hydrogen-bond acceptors (Lipinski definition) is 1. The van der Waals surface area contributed by atoms with E-state index in [1.807, 2.05) is 12.3 Å². The van der Waals surface area contributed by atoms with Crippen LogP contribution in [0.5, 0.6) is 5.75 Å². The molecule has 1 heterocycles. The number of phenolic OH excluding ortho intramolecular Hbond substituents is 1. The van der Waals surface area contributed by atoms with Crippen molar-refractivity contribution in [1.82, 2.24) is 10.2 Å². The largest absolute Gasteiger partial charge is 0.508 e. The zero-order valence-corrected chi connectivity index (χ0v) is 6.83. The molecule has 0 atom stereocenters. The molecule has 1 aromatic carbocycles. The van der Waals surface area contributed by atoms with Crippen LogP contribution < -0.4 is 0 Å². The molecule has 3 nitrogen and oxygen atoms in total. The molecular weight excluding hydrogens is 164 g/mol. The Kier molecular flexibility index (Phi) is 1.05. The second-order valence-electron chi connectivity index (χ2n) is 3.16. The predicted molar refractivity (Wildman–Crippen MR) is 50.9 cm³/mol. The number of aromatic amines is 2. The normalized spacial score (nSPS) is 11.4. The highest BCUT2D eigenvalue weighted by atomic mass is 16.3. The van der Waals surface area contributed by atoms with E-state index in [0.29, 0.717) is 5.75 Å². The van der Waals surface area contributed by atoms with Gasteiger partial charge in [0.2, 0.25) is 0 Å². The van der Waals surface area contributed by atoms with Crippen LogP contribution in [0.3, 0.4) is 0 Å². The molecule has 1 aliphatic heterocycles. The van der Waals surface area contributed by atoms with Gasteiger partial charge in [-0.2, -0.15) is 0 Å². The fraction of sp³-hybridized carbons (Fsp3) is 0. The van der Waals surface area contributed by atoms with Crippen LogP contribution in [0.1, 0.15) is 0 Å². The third-order valence-corrected chi connectivity index (χ3v) is 2.33. The van der Waals surface area contributed by atoms with Crippen LogP contribution in [0.2, 0.25) is 0 Å². The molecule has 0 radical (unpaired) electrons. The topological polar surface area (TPSA) is 51.8 Å². The maximum Gasteiger partial charge on any atom is 0.116 e. The van der Waals surface area contributed by atoms with Gasteiger partial charge in [0, 0.05) is 17.1 Å². The van der Waals surface area contributed by atoms with Crippen LogP contribution >= 0.6 is 0 Å². The minimum atomic E-state index is 0.301. The van der Waals surface area contributed by atoms with Gasteiger partial charge in [-0.15, -0.1) is 0 Å². The summed E-state index contributed by atoms with van der Waals surface area (Å²) in [5.41, 5.74) is 2.19. The van der Waals surface area contributed by atoms with Crippen LogP contribution in [0.4, 0.5) is 0 Å². The van der Waals surface area contributed by atoms with Gasteiger partial charge in [-0.25, -0.2) is 0 Å². The second kappa shape index (κ2) is 2.07. The Morgan fingerprint density at radius 1 is 1.15 bits per heavy atom. The van der Waals surface area contributed by atoms with Crippen LogP contribution in [0, 0.1) is 0 Å². The highest BCUT2D eigenvalue weighted by molar-refractivity contribution is 6.01. The number of benzene rings is 1. The third-order valence-electron chi connectivity index (χ3n) is 2.33. The Balaban J connectivity index is 2.52. The van der Waals surface area contributed by atoms with Gasteiger partial charge < -0.3 is 15.3 Å². The smallest absolute Gasteiger partial charge is 0.116 e. The minimum Gasteiger partial charge on any atom is -0.508 e. The average Bonchev–Trinajstić information content (AvgIpc) is 2.64. The Morgan fingerprint density at radius 3 is 3.00 bits per heavy atom. The van der Waals surface area contributed by atoms with Gasteiger partial charge in [-0.1, -0.05) is 6.07 Å². The third kappa shape index (κ3) is 0.783. The first-order valence-corrected chi connectivity index (χ1v) is 4.12. The molecule has 0 unspecified atom stereocenters. The first-order valence-electron chi connectivity index (χ1n) is 4.12. The van der Waals surface area contributed by atoms with Crippen molar-refractivity contribution in [3.8, 4) is 17.0 Å². The van der Waals surface area contributed by atoms with Gasteiger partial charge in [-0.05, 0) is 23.6 Å². The quantitative estimate of drug-likeness (QED) is 0.478. The number of aromatic hydroxyl groups is 1. The van der Waals surface area contributed by atoms with Crippen LogP contribution in [0.15, 0.2) is 30.5 Å². The van der Waals surface area contributed by atoms with Gasteiger partial charge >= 0.3 is 0 Å². The molecule has 3 rings (SSSR count). The van der Waals surface area contributed by atoms with Gasteiger partial charge in [0.15, 0.2) is 0 Å². The summed E-state index contributed by atoms with van der Waals surface area (Å²) >= 11 is 0. The number of H-pyrrole nitrogens is 2. The summed E-state index contributed by atoms with van der Waals surface area (Å²) in [6.45, 7) is 0. The molecule has 3 N–H and O–H groups in total. The Morgan fingerprint density at radius 2 is 2.08 bits per heavy atom. The van der Waals surface area contributed by atoms with E-state index in [-0.39, 0.29) is 0 Å². The molecule has 13 heavy (non-hydrogen) atoms. The second-order valence-corrected chi connectivity index (χ2v) is 3.16. The lowest BCUT2D eigenvalue weighted by molar-refractivity contribution is 0.476. The molecule has 0 bridgehead atoms. The maximum atomic E-state index is 9.32. The van der Waals surface area contributed by atoms with Crippen LogP contribution in [0.25, 0.3) is 22.0 Å². The lowest BCUT2D eigenvalue weighted by atomic mass is 10.2. The predicted octanol–water partition coefficient (Wildman–Crippen LogP) is 2.31. The van der Waals surface area contributed by atoms with E-state index >= 15 is 0 Å². The number of aromatic nitrogens is 2. The van der Waals surface area contributed by atoms with E-state index in [1.54, 1.807) is 12.1 Å². The van der Waals surface area contributed by atoms with Crippen molar-refractivity contribution >= 4 is 10.8 Å². The lowest BCUT2D eigenvalue weighted by Gasteiger charge is -1.92. The van der Waals surface area contributed by atoms with Crippen molar-refractivity contribution < 1.29 is 5.11 Å². The number of nitrogens with one attached hydrogen (secondary N) is 2. The number of hydrogen-bond donors (Lipinski definition) is 3. The first kappa shape index (κ1) is 6.60. The molecule has 0 saturated carbocycles. The van der Waals surface area contributed by atoms with E-state index < -0.39 is 0 Å². The zero-order valence-electron chi connectivity index (χ0n) is 6.83. The SMILES string of the molecule is Oc1ccc2cc3c[nH][nH]c-3c2c1. The van der Waals surface area contributed by atoms with Crippen molar-refractivity contribution in [2.45, 2.75) is 0 Å². The van der Waals surface area contributed by atoms with Crippen LogP contribution in [-0.4, -0.2) is 15.3 Å². The molecule has 0 spiro atoms. The Hall–Kier alpha value is -1.90. The molecule has 1 aliphatic carbocycles. The van der Waals surface area contributed by atoms with Crippen molar-refractivity contribution in [3.05, 3.63) is 30.5 Å². The van der Waals surface area contributed by atoms with Gasteiger partial charge in [0.05, 0.1) is 5.69 Å². The van der Waals surface area contributed by atoms with Crippen LogP contribution in [-0.2, 0) is 0 Å². The molecule has 1 aromatic rings. The highest BCUT2D eigenvalue weighted by Gasteiger charge is 2.10. The molecule has 0 fully saturated rings. The molecule has 64 valence electrons. The van der Waals surface area contributed by atoms with E-state index in [9.17, 15) is 5.11 Å². The Labute approximate surface area is 74.3 Å². The summed E-state index contributed by atoms with van der Waals surface area (Å²) in [5.74, 6) is 0.301. The van der Waals surface area contributed by atoms with E-state index in [1.165, 1.54) is 0 Å². The zero-order chi connectivity index (χ0) is 8.84. The average molecular weight is 172 g/mol.